The number of ether oxygens (including phenoxy) is 2. The minimum Gasteiger partial charge on any atom is -0.487 e. The van der Waals surface area contributed by atoms with Gasteiger partial charge in [0.1, 0.15) is 23.4 Å². The monoisotopic (exact) mass is 478 g/mol. The van der Waals surface area contributed by atoms with Gasteiger partial charge in [0.2, 0.25) is 15.9 Å². The SMILES string of the molecule is COCC#Cc1ccc2c(c1)O[C@H](CN(C)C(=O)C1CCC1)[C@@H](C)CN([C@@H](C)CO)S2(=O)=O. The molecule has 9 heteroatoms. The highest BCUT2D eigenvalue weighted by Gasteiger charge is 2.39. The van der Waals surface area contributed by atoms with Gasteiger partial charge in [-0.2, -0.15) is 4.31 Å². The lowest BCUT2D eigenvalue weighted by Gasteiger charge is -2.38. The van der Waals surface area contributed by atoms with Crippen LogP contribution < -0.4 is 4.74 Å². The molecule has 1 fully saturated rings. The van der Waals surface area contributed by atoms with Crippen molar-refractivity contribution in [2.24, 2.45) is 11.8 Å². The van der Waals surface area contributed by atoms with Gasteiger partial charge in [-0.1, -0.05) is 25.2 Å². The molecule has 1 aromatic carbocycles. The van der Waals surface area contributed by atoms with E-state index in [4.69, 9.17) is 9.47 Å². The van der Waals surface area contributed by atoms with Crippen LogP contribution in [-0.4, -0.2) is 81.2 Å². The molecule has 1 aliphatic heterocycles. The zero-order valence-corrected chi connectivity index (χ0v) is 20.6. The largest absolute Gasteiger partial charge is 0.487 e. The highest BCUT2D eigenvalue weighted by atomic mass is 32.2. The quantitative estimate of drug-likeness (QED) is 0.626. The van der Waals surface area contributed by atoms with Gasteiger partial charge in [-0.25, -0.2) is 8.42 Å². The molecule has 3 atom stereocenters. The van der Waals surface area contributed by atoms with Crippen LogP contribution in [0.1, 0.15) is 38.7 Å². The molecule has 1 N–H and O–H groups in total. The third-order valence-corrected chi connectivity index (χ3v) is 8.42. The van der Waals surface area contributed by atoms with E-state index in [9.17, 15) is 18.3 Å². The number of hydrogen-bond donors (Lipinski definition) is 1. The number of aliphatic hydroxyl groups is 1. The predicted octanol–water partition coefficient (Wildman–Crippen LogP) is 1.71. The van der Waals surface area contributed by atoms with E-state index < -0.39 is 22.2 Å². The van der Waals surface area contributed by atoms with Crippen LogP contribution >= 0.6 is 0 Å². The van der Waals surface area contributed by atoms with Crippen LogP contribution in [0.15, 0.2) is 23.1 Å². The summed E-state index contributed by atoms with van der Waals surface area (Å²) in [5, 5.41) is 9.74. The molecule has 33 heavy (non-hydrogen) atoms. The van der Waals surface area contributed by atoms with Gasteiger partial charge in [-0.05, 0) is 38.0 Å². The lowest BCUT2D eigenvalue weighted by molar-refractivity contribution is -0.138. The summed E-state index contributed by atoms with van der Waals surface area (Å²) >= 11 is 0. The molecule has 3 rings (SSSR count). The molecule has 182 valence electrons. The molecule has 1 saturated carbocycles. The van der Waals surface area contributed by atoms with Crippen LogP contribution in [0.3, 0.4) is 0 Å². The van der Waals surface area contributed by atoms with Crippen LogP contribution in [-0.2, 0) is 19.6 Å². The second-order valence-corrected chi connectivity index (χ2v) is 10.8. The summed E-state index contributed by atoms with van der Waals surface area (Å²) in [7, 11) is -0.588. The van der Waals surface area contributed by atoms with Gasteiger partial charge in [0.15, 0.2) is 0 Å². The minimum atomic E-state index is -3.91. The fourth-order valence-electron chi connectivity index (χ4n) is 4.06. The number of hydrogen-bond acceptors (Lipinski definition) is 6. The third kappa shape index (κ3) is 5.69. The Bertz CT molecular complexity index is 1010. The normalized spacial score (nSPS) is 23.5. The number of fused-ring (bicyclic) bond motifs is 1. The van der Waals surface area contributed by atoms with Crippen molar-refractivity contribution >= 4 is 15.9 Å². The highest BCUT2D eigenvalue weighted by molar-refractivity contribution is 7.89. The number of carbonyl (C=O) groups excluding carboxylic acids is 1. The predicted molar refractivity (Wildman–Crippen MR) is 124 cm³/mol. The minimum absolute atomic E-state index is 0.0324. The first-order valence-electron chi connectivity index (χ1n) is 11.3. The van der Waals surface area contributed by atoms with Gasteiger partial charge in [-0.3, -0.25) is 4.79 Å². The highest BCUT2D eigenvalue weighted by Crippen LogP contribution is 2.34. The number of benzene rings is 1. The van der Waals surface area contributed by atoms with E-state index in [0.717, 1.165) is 19.3 Å². The molecule has 1 heterocycles. The zero-order valence-electron chi connectivity index (χ0n) is 19.8. The maximum Gasteiger partial charge on any atom is 0.247 e. The summed E-state index contributed by atoms with van der Waals surface area (Å²) in [4.78, 5) is 14.5. The Labute approximate surface area is 196 Å². The summed E-state index contributed by atoms with van der Waals surface area (Å²) in [6, 6.07) is 4.15. The molecule has 1 aliphatic carbocycles. The van der Waals surface area contributed by atoms with Gasteiger partial charge >= 0.3 is 0 Å². The lowest BCUT2D eigenvalue weighted by atomic mass is 9.84. The molecule has 0 aromatic heterocycles. The number of nitrogens with zero attached hydrogens (tertiary/aromatic N) is 2. The molecular formula is C24H34N2O6S. The summed E-state index contributed by atoms with van der Waals surface area (Å²) in [6.07, 6.45) is 2.48. The Kier molecular flexibility index (Phi) is 8.40. The van der Waals surface area contributed by atoms with Crippen LogP contribution in [0.5, 0.6) is 5.75 Å². The summed E-state index contributed by atoms with van der Waals surface area (Å²) in [6.45, 7) is 4.07. The molecule has 0 radical (unpaired) electrons. The standard InChI is InChI=1S/C24H34N2O6S/c1-17-14-26(18(2)16-27)33(29,30)23-11-10-19(7-6-12-31-4)13-21(23)32-22(17)15-25(3)24(28)20-8-5-9-20/h10-11,13,17-18,20,22,27H,5,8-9,12,14-16H2,1-4H3/t17-,18-,22+/m0/s1. The van der Waals surface area contributed by atoms with Gasteiger partial charge in [0.05, 0.1) is 13.2 Å². The van der Waals surface area contributed by atoms with Crippen molar-refractivity contribution in [2.75, 3.05) is 40.5 Å². The van der Waals surface area contributed by atoms with Gasteiger partial charge in [0, 0.05) is 44.1 Å². The number of methoxy groups -OCH3 is 1. The van der Waals surface area contributed by atoms with Crippen molar-refractivity contribution in [1.29, 1.82) is 0 Å². The first-order valence-corrected chi connectivity index (χ1v) is 12.8. The maximum absolute atomic E-state index is 13.5. The van der Waals surface area contributed by atoms with Crippen LogP contribution in [0, 0.1) is 23.7 Å². The van der Waals surface area contributed by atoms with Crippen molar-refractivity contribution in [3.63, 3.8) is 0 Å². The molecule has 2 aliphatic rings. The summed E-state index contributed by atoms with van der Waals surface area (Å²) in [5.74, 6) is 5.97. The number of aliphatic hydroxyl groups excluding tert-OH is 1. The average molecular weight is 479 g/mol. The second kappa shape index (κ2) is 10.9. The molecular weight excluding hydrogens is 444 g/mol. The lowest BCUT2D eigenvalue weighted by Crippen LogP contribution is -2.50. The number of likely N-dealkylation sites (N-methyl/N-ethyl adjacent to an activating group) is 1. The summed E-state index contributed by atoms with van der Waals surface area (Å²) in [5.41, 5.74) is 0.605. The van der Waals surface area contributed by atoms with E-state index in [1.165, 1.54) is 10.4 Å². The molecule has 1 aromatic rings. The average Bonchev–Trinajstić information content (AvgIpc) is 2.74. The molecule has 8 nitrogen and oxygen atoms in total. The van der Waals surface area contributed by atoms with Crippen molar-refractivity contribution in [1.82, 2.24) is 9.21 Å². The molecule has 0 spiro atoms. The Morgan fingerprint density at radius 1 is 1.39 bits per heavy atom. The Balaban J connectivity index is 1.99. The van der Waals surface area contributed by atoms with Crippen LogP contribution in [0.25, 0.3) is 0 Å². The Morgan fingerprint density at radius 3 is 2.73 bits per heavy atom. The van der Waals surface area contributed by atoms with E-state index in [1.807, 2.05) is 6.92 Å². The smallest absolute Gasteiger partial charge is 0.247 e. The zero-order chi connectivity index (χ0) is 24.2. The molecule has 0 saturated heterocycles. The fourth-order valence-corrected chi connectivity index (χ4v) is 5.88. The molecule has 0 unspecified atom stereocenters. The number of rotatable bonds is 6. The molecule has 1 amide bonds. The van der Waals surface area contributed by atoms with E-state index in [-0.39, 0.29) is 48.1 Å². The summed E-state index contributed by atoms with van der Waals surface area (Å²) < 4.78 is 39.5. The number of sulfonamides is 1. The van der Waals surface area contributed by atoms with Crippen molar-refractivity contribution < 1.29 is 27.8 Å². The van der Waals surface area contributed by atoms with Crippen LogP contribution in [0.4, 0.5) is 0 Å². The second-order valence-electron chi connectivity index (χ2n) is 8.98. The fraction of sp³-hybridized carbons (Fsp3) is 0.625. The Morgan fingerprint density at radius 2 is 2.12 bits per heavy atom. The first kappa shape index (κ1) is 25.5. The van der Waals surface area contributed by atoms with E-state index in [1.54, 1.807) is 38.1 Å². The van der Waals surface area contributed by atoms with Crippen molar-refractivity contribution in [2.45, 2.75) is 50.2 Å². The van der Waals surface area contributed by atoms with Gasteiger partial charge in [0.25, 0.3) is 0 Å². The van der Waals surface area contributed by atoms with Crippen LogP contribution in [0.2, 0.25) is 0 Å². The van der Waals surface area contributed by atoms with Gasteiger partial charge in [-0.15, -0.1) is 0 Å². The third-order valence-electron chi connectivity index (χ3n) is 6.40. The first-order chi connectivity index (χ1) is 15.7. The van der Waals surface area contributed by atoms with E-state index in [0.29, 0.717) is 12.1 Å². The Hall–Kier alpha value is -2.12. The maximum atomic E-state index is 13.5. The number of carbonyl (C=O) groups is 1. The van der Waals surface area contributed by atoms with E-state index >= 15 is 0 Å². The van der Waals surface area contributed by atoms with E-state index in [2.05, 4.69) is 11.8 Å². The number of amides is 1. The molecule has 0 bridgehead atoms. The van der Waals surface area contributed by atoms with Crippen molar-refractivity contribution in [3.8, 4) is 17.6 Å². The topological polar surface area (TPSA) is 96.4 Å². The van der Waals surface area contributed by atoms with Crippen molar-refractivity contribution in [3.05, 3.63) is 23.8 Å². The van der Waals surface area contributed by atoms with Gasteiger partial charge < -0.3 is 19.5 Å².